The summed E-state index contributed by atoms with van der Waals surface area (Å²) in [6, 6.07) is 7.87. The average Bonchev–Trinajstić information content (AvgIpc) is 3.33. The van der Waals surface area contributed by atoms with E-state index >= 15 is 0 Å². The molecular formula is C17H19N7O. The van der Waals surface area contributed by atoms with Crippen LogP contribution in [0.15, 0.2) is 42.9 Å². The molecule has 0 N–H and O–H groups in total. The molecule has 8 heteroatoms. The van der Waals surface area contributed by atoms with Crippen molar-refractivity contribution in [1.29, 1.82) is 0 Å². The predicted molar refractivity (Wildman–Crippen MR) is 92.2 cm³/mol. The van der Waals surface area contributed by atoms with E-state index in [0.29, 0.717) is 6.61 Å². The lowest BCUT2D eigenvalue weighted by atomic mass is 10.2. The highest BCUT2D eigenvalue weighted by molar-refractivity contribution is 5.74. The SMILES string of the molecule is COC[C@@H](c1ccnn1C)n1cc(-c2nc(C)n3ccccc23)nn1. The molecule has 25 heavy (non-hydrogen) atoms. The van der Waals surface area contributed by atoms with Gasteiger partial charge < -0.3 is 9.14 Å². The van der Waals surface area contributed by atoms with Crippen LogP contribution in [0.25, 0.3) is 16.9 Å². The second-order valence-electron chi connectivity index (χ2n) is 5.90. The van der Waals surface area contributed by atoms with Gasteiger partial charge in [0, 0.05) is 26.6 Å². The maximum atomic E-state index is 5.38. The molecule has 4 aromatic rings. The molecule has 0 aliphatic carbocycles. The minimum Gasteiger partial charge on any atom is -0.382 e. The van der Waals surface area contributed by atoms with E-state index in [2.05, 4.69) is 20.4 Å². The van der Waals surface area contributed by atoms with Gasteiger partial charge in [-0.2, -0.15) is 5.10 Å². The molecule has 0 spiro atoms. The van der Waals surface area contributed by atoms with Gasteiger partial charge in [-0.1, -0.05) is 11.3 Å². The Bertz CT molecular complexity index is 1010. The monoisotopic (exact) mass is 337 g/mol. The van der Waals surface area contributed by atoms with Gasteiger partial charge in [0.2, 0.25) is 0 Å². The summed E-state index contributed by atoms with van der Waals surface area (Å²) in [6.45, 7) is 2.45. The summed E-state index contributed by atoms with van der Waals surface area (Å²) in [5.41, 5.74) is 3.57. The number of aryl methyl sites for hydroxylation is 2. The van der Waals surface area contributed by atoms with E-state index in [1.807, 2.05) is 59.7 Å². The molecule has 4 aromatic heterocycles. The molecule has 1 atom stereocenters. The van der Waals surface area contributed by atoms with Crippen molar-refractivity contribution in [3.63, 3.8) is 0 Å². The Balaban J connectivity index is 1.77. The number of rotatable bonds is 5. The lowest BCUT2D eigenvalue weighted by Crippen LogP contribution is -2.19. The molecule has 0 bridgehead atoms. The highest BCUT2D eigenvalue weighted by Gasteiger charge is 2.21. The zero-order chi connectivity index (χ0) is 17.4. The highest BCUT2D eigenvalue weighted by Crippen LogP contribution is 2.25. The van der Waals surface area contributed by atoms with Gasteiger partial charge in [0.15, 0.2) is 0 Å². The normalized spacial score (nSPS) is 12.8. The number of ether oxygens (including phenoxy) is 1. The van der Waals surface area contributed by atoms with E-state index in [4.69, 9.17) is 4.74 Å². The third-order valence-electron chi connectivity index (χ3n) is 4.32. The maximum Gasteiger partial charge on any atom is 0.133 e. The van der Waals surface area contributed by atoms with Crippen LogP contribution in [0.1, 0.15) is 17.6 Å². The number of hydrogen-bond acceptors (Lipinski definition) is 5. The zero-order valence-corrected chi connectivity index (χ0v) is 14.4. The Morgan fingerprint density at radius 3 is 2.88 bits per heavy atom. The van der Waals surface area contributed by atoms with Gasteiger partial charge in [-0.3, -0.25) is 4.68 Å². The van der Waals surface area contributed by atoms with Crippen molar-refractivity contribution in [2.75, 3.05) is 13.7 Å². The summed E-state index contributed by atoms with van der Waals surface area (Å²) < 4.78 is 11.0. The molecule has 0 radical (unpaired) electrons. The Kier molecular flexibility index (Phi) is 3.81. The lowest BCUT2D eigenvalue weighted by Gasteiger charge is -2.16. The van der Waals surface area contributed by atoms with Crippen LogP contribution in [0.4, 0.5) is 0 Å². The number of nitrogens with zero attached hydrogens (tertiary/aromatic N) is 7. The van der Waals surface area contributed by atoms with Gasteiger partial charge in [0.1, 0.15) is 23.3 Å². The molecule has 0 amide bonds. The van der Waals surface area contributed by atoms with Gasteiger partial charge in [-0.25, -0.2) is 9.67 Å². The van der Waals surface area contributed by atoms with Crippen molar-refractivity contribution in [1.82, 2.24) is 34.2 Å². The summed E-state index contributed by atoms with van der Waals surface area (Å²) in [5, 5.41) is 12.9. The second-order valence-corrected chi connectivity index (χ2v) is 5.90. The van der Waals surface area contributed by atoms with E-state index in [-0.39, 0.29) is 6.04 Å². The van der Waals surface area contributed by atoms with Crippen molar-refractivity contribution in [3.05, 3.63) is 54.4 Å². The van der Waals surface area contributed by atoms with Gasteiger partial charge >= 0.3 is 0 Å². The highest BCUT2D eigenvalue weighted by atomic mass is 16.5. The quantitative estimate of drug-likeness (QED) is 0.556. The largest absolute Gasteiger partial charge is 0.382 e. The summed E-state index contributed by atoms with van der Waals surface area (Å²) >= 11 is 0. The molecule has 0 unspecified atom stereocenters. The number of fused-ring (bicyclic) bond motifs is 1. The maximum absolute atomic E-state index is 5.38. The van der Waals surface area contributed by atoms with Gasteiger partial charge in [0.25, 0.3) is 0 Å². The predicted octanol–water partition coefficient (Wildman–Crippen LogP) is 1.87. The Morgan fingerprint density at radius 1 is 1.24 bits per heavy atom. The first-order valence-corrected chi connectivity index (χ1v) is 8.01. The molecule has 0 saturated heterocycles. The average molecular weight is 337 g/mol. The minimum absolute atomic E-state index is 0.103. The van der Waals surface area contributed by atoms with E-state index in [1.54, 1.807) is 18.0 Å². The molecule has 4 heterocycles. The van der Waals surface area contributed by atoms with E-state index < -0.39 is 0 Å². The summed E-state index contributed by atoms with van der Waals surface area (Å²) in [4.78, 5) is 4.66. The van der Waals surface area contributed by atoms with E-state index in [1.165, 1.54) is 0 Å². The summed E-state index contributed by atoms with van der Waals surface area (Å²) in [7, 11) is 3.58. The number of hydrogen-bond donors (Lipinski definition) is 0. The first kappa shape index (κ1) is 15.5. The lowest BCUT2D eigenvalue weighted by molar-refractivity contribution is 0.160. The molecule has 0 saturated carbocycles. The Hall–Kier alpha value is -3.00. The minimum atomic E-state index is -0.103. The van der Waals surface area contributed by atoms with Crippen LogP contribution >= 0.6 is 0 Å². The second kappa shape index (κ2) is 6.14. The first-order valence-electron chi connectivity index (χ1n) is 8.01. The van der Waals surface area contributed by atoms with Gasteiger partial charge in [-0.05, 0) is 25.1 Å². The van der Waals surface area contributed by atoms with Crippen LogP contribution in [0.3, 0.4) is 0 Å². The van der Waals surface area contributed by atoms with Crippen LogP contribution in [-0.2, 0) is 11.8 Å². The van der Waals surface area contributed by atoms with Crippen LogP contribution in [0, 0.1) is 6.92 Å². The van der Waals surface area contributed by atoms with Gasteiger partial charge in [0.05, 0.1) is 24.0 Å². The van der Waals surface area contributed by atoms with Crippen LogP contribution in [0.2, 0.25) is 0 Å². The third-order valence-corrected chi connectivity index (χ3v) is 4.32. The third kappa shape index (κ3) is 2.60. The topological polar surface area (TPSA) is 75.1 Å². The molecule has 0 aromatic carbocycles. The Labute approximate surface area is 144 Å². The first-order chi connectivity index (χ1) is 12.2. The summed E-state index contributed by atoms with van der Waals surface area (Å²) in [6.07, 6.45) is 5.67. The molecule has 0 aliphatic rings. The van der Waals surface area contributed by atoms with Crippen LogP contribution < -0.4 is 0 Å². The van der Waals surface area contributed by atoms with Crippen molar-refractivity contribution >= 4 is 5.52 Å². The molecule has 0 aliphatic heterocycles. The smallest absolute Gasteiger partial charge is 0.133 e. The van der Waals surface area contributed by atoms with Crippen molar-refractivity contribution in [2.24, 2.45) is 7.05 Å². The number of imidazole rings is 1. The molecule has 0 fully saturated rings. The van der Waals surface area contributed by atoms with Crippen molar-refractivity contribution in [2.45, 2.75) is 13.0 Å². The molecular weight excluding hydrogens is 318 g/mol. The number of methoxy groups -OCH3 is 1. The fourth-order valence-electron chi connectivity index (χ4n) is 3.08. The van der Waals surface area contributed by atoms with Crippen molar-refractivity contribution in [3.8, 4) is 11.4 Å². The van der Waals surface area contributed by atoms with Crippen molar-refractivity contribution < 1.29 is 4.74 Å². The summed E-state index contributed by atoms with van der Waals surface area (Å²) in [5.74, 6) is 0.917. The van der Waals surface area contributed by atoms with Gasteiger partial charge in [-0.15, -0.1) is 5.10 Å². The molecule has 128 valence electrons. The van der Waals surface area contributed by atoms with E-state index in [9.17, 15) is 0 Å². The fraction of sp³-hybridized carbons (Fsp3) is 0.294. The molecule has 4 rings (SSSR count). The van der Waals surface area contributed by atoms with Crippen LogP contribution in [-0.4, -0.2) is 47.9 Å². The Morgan fingerprint density at radius 2 is 2.12 bits per heavy atom. The van der Waals surface area contributed by atoms with E-state index in [0.717, 1.165) is 28.4 Å². The standard InChI is InChI=1S/C17H19N7O/c1-12-19-17(15-6-4-5-9-23(12)15)13-10-24(21-20-13)16(11-25-3)14-7-8-18-22(14)2/h4-10,16H,11H2,1-3H3/t16-/m0/s1. The zero-order valence-electron chi connectivity index (χ0n) is 14.4. The fourth-order valence-corrected chi connectivity index (χ4v) is 3.08. The van der Waals surface area contributed by atoms with Crippen LogP contribution in [0.5, 0.6) is 0 Å². The number of pyridine rings is 1. The molecule has 8 nitrogen and oxygen atoms in total. The number of aromatic nitrogens is 7.